The van der Waals surface area contributed by atoms with Gasteiger partial charge in [0.05, 0.1) is 16.3 Å². The standard InChI is InChI=1S/C17H27NO2S/c1-3-14-8-7-9-15(13-12-14)18-16-10-5-6-11-17(16)21(19,20)4-2/h5-6,10-11,14-15,18H,3-4,7-9,12-13H2,1-2H3. The van der Waals surface area contributed by atoms with E-state index in [2.05, 4.69) is 12.2 Å². The van der Waals surface area contributed by atoms with Crippen molar-refractivity contribution in [3.05, 3.63) is 24.3 Å². The molecule has 1 aromatic carbocycles. The lowest BCUT2D eigenvalue weighted by atomic mass is 9.98. The molecular formula is C17H27NO2S. The van der Waals surface area contributed by atoms with E-state index in [9.17, 15) is 8.42 Å². The summed E-state index contributed by atoms with van der Waals surface area (Å²) in [5.74, 6) is 0.986. The number of benzene rings is 1. The third kappa shape index (κ3) is 4.22. The molecule has 0 radical (unpaired) electrons. The van der Waals surface area contributed by atoms with Crippen LogP contribution in [0.25, 0.3) is 0 Å². The van der Waals surface area contributed by atoms with E-state index in [1.807, 2.05) is 12.1 Å². The van der Waals surface area contributed by atoms with Crippen LogP contribution < -0.4 is 5.32 Å². The molecule has 0 heterocycles. The maximum Gasteiger partial charge on any atom is 0.180 e. The van der Waals surface area contributed by atoms with Crippen LogP contribution in [-0.4, -0.2) is 20.2 Å². The number of hydrogen-bond donors (Lipinski definition) is 1. The molecule has 2 unspecified atom stereocenters. The van der Waals surface area contributed by atoms with Gasteiger partial charge in [0, 0.05) is 6.04 Å². The summed E-state index contributed by atoms with van der Waals surface area (Å²) >= 11 is 0. The number of para-hydroxylation sites is 1. The van der Waals surface area contributed by atoms with Crippen molar-refractivity contribution in [2.45, 2.75) is 63.3 Å². The average molecular weight is 309 g/mol. The Labute approximate surface area is 129 Å². The molecule has 0 aromatic heterocycles. The minimum atomic E-state index is -3.17. The highest BCUT2D eigenvalue weighted by Gasteiger charge is 2.21. The van der Waals surface area contributed by atoms with E-state index in [-0.39, 0.29) is 5.75 Å². The molecule has 1 fully saturated rings. The topological polar surface area (TPSA) is 46.2 Å². The van der Waals surface area contributed by atoms with E-state index in [1.165, 1.54) is 25.7 Å². The van der Waals surface area contributed by atoms with Gasteiger partial charge in [0.25, 0.3) is 0 Å². The van der Waals surface area contributed by atoms with Gasteiger partial charge in [0.15, 0.2) is 9.84 Å². The van der Waals surface area contributed by atoms with Gasteiger partial charge in [0.1, 0.15) is 0 Å². The van der Waals surface area contributed by atoms with Crippen LogP contribution in [0.15, 0.2) is 29.2 Å². The Kier molecular flexibility index (Phi) is 5.68. The lowest BCUT2D eigenvalue weighted by Crippen LogP contribution is -2.20. The van der Waals surface area contributed by atoms with Crippen molar-refractivity contribution in [1.29, 1.82) is 0 Å². The molecule has 2 atom stereocenters. The molecule has 0 saturated heterocycles. The van der Waals surface area contributed by atoms with Gasteiger partial charge in [-0.1, -0.05) is 45.2 Å². The van der Waals surface area contributed by atoms with Gasteiger partial charge in [-0.25, -0.2) is 8.42 Å². The molecule has 1 aliphatic rings. The average Bonchev–Trinajstić information content (AvgIpc) is 2.73. The molecule has 1 aromatic rings. The molecule has 0 spiro atoms. The molecule has 0 amide bonds. The maximum atomic E-state index is 12.2. The van der Waals surface area contributed by atoms with E-state index in [4.69, 9.17) is 0 Å². The highest BCUT2D eigenvalue weighted by Crippen LogP contribution is 2.29. The van der Waals surface area contributed by atoms with Gasteiger partial charge >= 0.3 is 0 Å². The molecule has 0 aliphatic heterocycles. The lowest BCUT2D eigenvalue weighted by Gasteiger charge is -2.20. The zero-order chi connectivity index (χ0) is 15.3. The SMILES string of the molecule is CCC1CCCC(Nc2ccccc2S(=O)(=O)CC)CC1. The van der Waals surface area contributed by atoms with E-state index < -0.39 is 9.84 Å². The summed E-state index contributed by atoms with van der Waals surface area (Å²) in [6.07, 6.45) is 7.32. The Hall–Kier alpha value is -1.03. The third-order valence-corrected chi connectivity index (χ3v) is 6.41. The number of hydrogen-bond acceptors (Lipinski definition) is 3. The van der Waals surface area contributed by atoms with Crippen molar-refractivity contribution in [1.82, 2.24) is 0 Å². The Bertz CT molecular complexity index is 554. The van der Waals surface area contributed by atoms with Crippen LogP contribution in [0.4, 0.5) is 5.69 Å². The minimum absolute atomic E-state index is 0.147. The zero-order valence-corrected chi connectivity index (χ0v) is 14.0. The van der Waals surface area contributed by atoms with Crippen LogP contribution in [0, 0.1) is 5.92 Å². The Morgan fingerprint density at radius 3 is 2.57 bits per heavy atom. The largest absolute Gasteiger partial charge is 0.381 e. The first-order chi connectivity index (χ1) is 10.1. The quantitative estimate of drug-likeness (QED) is 0.827. The summed E-state index contributed by atoms with van der Waals surface area (Å²) in [6, 6.07) is 7.71. The van der Waals surface area contributed by atoms with Gasteiger partial charge in [-0.3, -0.25) is 0 Å². The highest BCUT2D eigenvalue weighted by atomic mass is 32.2. The number of nitrogens with one attached hydrogen (secondary N) is 1. The van der Waals surface area contributed by atoms with Gasteiger partial charge < -0.3 is 5.32 Å². The monoisotopic (exact) mass is 309 g/mol. The predicted molar refractivity (Wildman–Crippen MR) is 88.4 cm³/mol. The van der Waals surface area contributed by atoms with Gasteiger partial charge in [-0.2, -0.15) is 0 Å². The maximum absolute atomic E-state index is 12.2. The molecule has 4 heteroatoms. The van der Waals surface area contributed by atoms with Crippen LogP contribution in [0.3, 0.4) is 0 Å². The second kappa shape index (κ2) is 7.30. The predicted octanol–water partition coefficient (Wildman–Crippen LogP) is 4.25. The van der Waals surface area contributed by atoms with Crippen molar-refractivity contribution in [2.24, 2.45) is 5.92 Å². The second-order valence-electron chi connectivity index (χ2n) is 6.02. The van der Waals surface area contributed by atoms with Crippen molar-refractivity contribution in [3.8, 4) is 0 Å². The minimum Gasteiger partial charge on any atom is -0.381 e. The van der Waals surface area contributed by atoms with E-state index >= 15 is 0 Å². The second-order valence-corrected chi connectivity index (χ2v) is 8.27. The molecule has 1 N–H and O–H groups in total. The van der Waals surface area contributed by atoms with Crippen LogP contribution in [-0.2, 0) is 9.84 Å². The summed E-state index contributed by atoms with van der Waals surface area (Å²) in [5.41, 5.74) is 0.777. The molecule has 118 valence electrons. The van der Waals surface area contributed by atoms with Crippen LogP contribution in [0.5, 0.6) is 0 Å². The molecule has 0 bridgehead atoms. The summed E-state index contributed by atoms with van der Waals surface area (Å²) in [6.45, 7) is 3.96. The lowest BCUT2D eigenvalue weighted by molar-refractivity contribution is 0.444. The third-order valence-electron chi connectivity index (χ3n) is 4.63. The smallest absolute Gasteiger partial charge is 0.180 e. The fraction of sp³-hybridized carbons (Fsp3) is 0.647. The summed E-state index contributed by atoms with van der Waals surface area (Å²) < 4.78 is 24.4. The molecule has 3 nitrogen and oxygen atoms in total. The normalized spacial score (nSPS) is 23.5. The summed E-state index contributed by atoms with van der Waals surface area (Å²) in [5, 5.41) is 3.50. The van der Waals surface area contributed by atoms with E-state index in [1.54, 1.807) is 19.1 Å². The van der Waals surface area contributed by atoms with Gasteiger partial charge in [-0.15, -0.1) is 0 Å². The zero-order valence-electron chi connectivity index (χ0n) is 13.1. The number of anilines is 1. The molecule has 21 heavy (non-hydrogen) atoms. The fourth-order valence-electron chi connectivity index (χ4n) is 3.16. The first-order valence-electron chi connectivity index (χ1n) is 8.15. The van der Waals surface area contributed by atoms with Crippen molar-refractivity contribution >= 4 is 15.5 Å². The Balaban J connectivity index is 2.13. The summed E-state index contributed by atoms with van der Waals surface area (Å²) in [7, 11) is -3.17. The van der Waals surface area contributed by atoms with Crippen molar-refractivity contribution < 1.29 is 8.42 Å². The van der Waals surface area contributed by atoms with E-state index in [0.29, 0.717) is 10.9 Å². The number of sulfone groups is 1. The molecular weight excluding hydrogens is 282 g/mol. The van der Waals surface area contributed by atoms with Crippen LogP contribution in [0.2, 0.25) is 0 Å². The van der Waals surface area contributed by atoms with Crippen LogP contribution >= 0.6 is 0 Å². The first kappa shape index (κ1) is 16.3. The Morgan fingerprint density at radius 1 is 1.10 bits per heavy atom. The summed E-state index contributed by atoms with van der Waals surface area (Å²) in [4.78, 5) is 0.448. The Morgan fingerprint density at radius 2 is 1.86 bits per heavy atom. The highest BCUT2D eigenvalue weighted by molar-refractivity contribution is 7.91. The van der Waals surface area contributed by atoms with Crippen molar-refractivity contribution in [3.63, 3.8) is 0 Å². The fourth-order valence-corrected chi connectivity index (χ4v) is 4.22. The van der Waals surface area contributed by atoms with Crippen LogP contribution in [0.1, 0.15) is 52.4 Å². The van der Waals surface area contributed by atoms with E-state index in [0.717, 1.165) is 24.4 Å². The molecule has 2 rings (SSSR count). The van der Waals surface area contributed by atoms with Crippen molar-refractivity contribution in [2.75, 3.05) is 11.1 Å². The van der Waals surface area contributed by atoms with Gasteiger partial charge in [0.2, 0.25) is 0 Å². The number of rotatable bonds is 5. The van der Waals surface area contributed by atoms with Gasteiger partial charge in [-0.05, 0) is 37.3 Å². The molecule has 1 saturated carbocycles. The molecule has 1 aliphatic carbocycles. The first-order valence-corrected chi connectivity index (χ1v) is 9.80.